The second-order valence-corrected chi connectivity index (χ2v) is 6.61. The van der Waals surface area contributed by atoms with E-state index >= 15 is 0 Å². The highest BCUT2D eigenvalue weighted by atomic mass is 79.9. The molecular weight excluding hydrogens is 428 g/mol. The van der Waals surface area contributed by atoms with Crippen molar-refractivity contribution in [1.82, 2.24) is 15.3 Å². The average molecular weight is 436 g/mol. The summed E-state index contributed by atoms with van der Waals surface area (Å²) < 4.78 is 10.4. The maximum absolute atomic E-state index is 12.7. The molecule has 0 saturated carbocycles. The van der Waals surface area contributed by atoms with Gasteiger partial charge in [-0.05, 0) is 30.3 Å². The van der Waals surface area contributed by atoms with E-state index < -0.39 is 11.7 Å². The predicted octanol–water partition coefficient (Wildman–Crippen LogP) is 3.84. The Morgan fingerprint density at radius 1 is 1.15 bits per heavy atom. The number of nitrogens with zero attached hydrogens (tertiary/aromatic N) is 2. The summed E-state index contributed by atoms with van der Waals surface area (Å²) in [6.45, 7) is 0. The van der Waals surface area contributed by atoms with E-state index in [2.05, 4.69) is 41.1 Å². The molecule has 0 atom stereocenters. The van der Waals surface area contributed by atoms with Gasteiger partial charge in [-0.25, -0.2) is 4.79 Å². The van der Waals surface area contributed by atoms with E-state index in [0.717, 1.165) is 4.47 Å². The first-order valence-corrected chi connectivity index (χ1v) is 8.40. The summed E-state index contributed by atoms with van der Waals surface area (Å²) in [5, 5.41) is 11.2. The summed E-state index contributed by atoms with van der Waals surface area (Å²) in [6.07, 6.45) is 0. The van der Waals surface area contributed by atoms with Crippen LogP contribution in [0.5, 0.6) is 0 Å². The molecule has 8 nitrogen and oxygen atoms in total. The summed E-state index contributed by atoms with van der Waals surface area (Å²) in [7, 11) is 0. The van der Waals surface area contributed by atoms with Gasteiger partial charge < -0.3 is 9.84 Å². The number of H-pyrrole nitrogens is 1. The lowest BCUT2D eigenvalue weighted by atomic mass is 10.1. The highest BCUT2D eigenvalue weighted by molar-refractivity contribution is 9.10. The van der Waals surface area contributed by atoms with Gasteiger partial charge in [0.15, 0.2) is 17.1 Å². The molecule has 1 amide bonds. The van der Waals surface area contributed by atoms with Crippen LogP contribution in [0.25, 0.3) is 22.4 Å². The third kappa shape index (κ3) is 3.02. The smallest absolute Gasteiger partial charge is 0.355 e. The van der Waals surface area contributed by atoms with Gasteiger partial charge in [-0.1, -0.05) is 37.8 Å². The molecule has 2 N–H and O–H groups in total. The first kappa shape index (κ1) is 16.6. The number of anilines is 1. The quantitative estimate of drug-likeness (QED) is 0.505. The zero-order valence-corrected chi connectivity index (χ0v) is 15.1. The number of carbonyl (C=O) groups excluding carboxylic acids is 1. The van der Waals surface area contributed by atoms with Crippen molar-refractivity contribution in [3.8, 4) is 11.4 Å². The van der Waals surface area contributed by atoms with Crippen LogP contribution in [-0.2, 0) is 0 Å². The van der Waals surface area contributed by atoms with Gasteiger partial charge in [0.05, 0.1) is 11.1 Å². The number of aromatic nitrogens is 3. The van der Waals surface area contributed by atoms with Crippen LogP contribution in [-0.4, -0.2) is 21.2 Å². The molecule has 0 saturated heterocycles. The van der Waals surface area contributed by atoms with Crippen LogP contribution in [0.2, 0.25) is 5.02 Å². The number of halogens is 2. The molecule has 4 rings (SSSR count). The first-order valence-electron chi connectivity index (χ1n) is 7.23. The minimum atomic E-state index is -0.698. The topological polar surface area (TPSA) is 114 Å². The van der Waals surface area contributed by atoms with Crippen LogP contribution in [0, 0.1) is 0 Å². The van der Waals surface area contributed by atoms with Crippen LogP contribution in [0.15, 0.2) is 54.7 Å². The number of benzene rings is 2. The Morgan fingerprint density at radius 2 is 2.00 bits per heavy atom. The zero-order valence-electron chi connectivity index (χ0n) is 12.7. The van der Waals surface area contributed by atoms with Crippen LogP contribution < -0.4 is 11.1 Å². The van der Waals surface area contributed by atoms with Crippen LogP contribution in [0.3, 0.4) is 0 Å². The van der Waals surface area contributed by atoms with Crippen LogP contribution in [0.1, 0.15) is 10.5 Å². The maximum atomic E-state index is 12.7. The van der Waals surface area contributed by atoms with E-state index in [4.69, 9.17) is 16.1 Å². The summed E-state index contributed by atoms with van der Waals surface area (Å²) in [5.41, 5.74) is 1.39. The highest BCUT2D eigenvalue weighted by Gasteiger charge is 2.19. The number of hydrogen-bond acceptors (Lipinski definition) is 6. The van der Waals surface area contributed by atoms with Gasteiger partial charge in [0.2, 0.25) is 0 Å². The Bertz CT molecular complexity index is 1200. The molecular formula is C16H8BrClN4O4. The Kier molecular flexibility index (Phi) is 4.09. The fraction of sp³-hybridized carbons (Fsp3) is 0. The van der Waals surface area contributed by atoms with E-state index in [1.807, 2.05) is 0 Å². The van der Waals surface area contributed by atoms with Gasteiger partial charge in [0.1, 0.15) is 0 Å². The molecule has 130 valence electrons. The molecule has 0 bridgehead atoms. The lowest BCUT2D eigenvalue weighted by Crippen LogP contribution is -2.13. The Balaban J connectivity index is 1.73. The van der Waals surface area contributed by atoms with Crippen LogP contribution in [0.4, 0.5) is 5.69 Å². The summed E-state index contributed by atoms with van der Waals surface area (Å²) in [6, 6.07) is 9.95. The Hall–Kier alpha value is -2.91. The minimum Gasteiger partial charge on any atom is -0.355 e. The van der Waals surface area contributed by atoms with Gasteiger partial charge in [-0.3, -0.25) is 14.3 Å². The SMILES string of the molecule is O=C(Nc1ccc(Br)cc1-c1noc(=O)[nH]1)c1noc2cc(Cl)ccc12. The monoisotopic (exact) mass is 434 g/mol. The predicted molar refractivity (Wildman–Crippen MR) is 97.2 cm³/mol. The molecule has 0 spiro atoms. The lowest BCUT2D eigenvalue weighted by molar-refractivity contribution is 0.102. The highest BCUT2D eigenvalue weighted by Crippen LogP contribution is 2.29. The third-order valence-corrected chi connectivity index (χ3v) is 4.30. The number of aromatic amines is 1. The molecule has 0 unspecified atom stereocenters. The average Bonchev–Trinajstić information content (AvgIpc) is 3.22. The molecule has 2 aromatic heterocycles. The first-order chi connectivity index (χ1) is 12.5. The van der Waals surface area contributed by atoms with Crippen molar-refractivity contribution < 1.29 is 13.8 Å². The molecule has 0 aliphatic rings. The van der Waals surface area contributed by atoms with Crippen molar-refractivity contribution in [3.63, 3.8) is 0 Å². The van der Waals surface area contributed by atoms with E-state index in [1.165, 1.54) is 0 Å². The van der Waals surface area contributed by atoms with Gasteiger partial charge in [-0.2, -0.15) is 0 Å². The second kappa shape index (κ2) is 6.43. The van der Waals surface area contributed by atoms with E-state index in [-0.39, 0.29) is 11.5 Å². The minimum absolute atomic E-state index is 0.110. The Labute approximate surface area is 158 Å². The molecule has 2 aromatic carbocycles. The maximum Gasteiger partial charge on any atom is 0.439 e. The number of hydrogen-bond donors (Lipinski definition) is 2. The lowest BCUT2D eigenvalue weighted by Gasteiger charge is -2.08. The van der Waals surface area contributed by atoms with Crippen molar-refractivity contribution >= 4 is 50.1 Å². The fourth-order valence-electron chi connectivity index (χ4n) is 2.42. The number of amides is 1. The molecule has 0 radical (unpaired) electrons. The summed E-state index contributed by atoms with van der Waals surface area (Å²) >= 11 is 9.25. The fourth-order valence-corrected chi connectivity index (χ4v) is 2.95. The number of carbonyl (C=O) groups is 1. The number of nitrogens with one attached hydrogen (secondary N) is 2. The van der Waals surface area contributed by atoms with Crippen molar-refractivity contribution in [2.75, 3.05) is 5.32 Å². The number of rotatable bonds is 3. The van der Waals surface area contributed by atoms with Crippen molar-refractivity contribution in [3.05, 3.63) is 62.1 Å². The normalized spacial score (nSPS) is 11.0. The van der Waals surface area contributed by atoms with E-state index in [9.17, 15) is 9.59 Å². The summed E-state index contributed by atoms with van der Waals surface area (Å²) in [5.74, 6) is -1.000. The molecule has 26 heavy (non-hydrogen) atoms. The van der Waals surface area contributed by atoms with Crippen molar-refractivity contribution in [2.24, 2.45) is 0 Å². The van der Waals surface area contributed by atoms with Gasteiger partial charge >= 0.3 is 5.76 Å². The molecule has 4 aromatic rings. The molecule has 0 aliphatic carbocycles. The van der Waals surface area contributed by atoms with E-state index in [0.29, 0.717) is 27.2 Å². The second-order valence-electron chi connectivity index (χ2n) is 5.26. The largest absolute Gasteiger partial charge is 0.439 e. The molecule has 10 heteroatoms. The third-order valence-electron chi connectivity index (χ3n) is 3.57. The van der Waals surface area contributed by atoms with Gasteiger partial charge in [0.25, 0.3) is 5.91 Å². The van der Waals surface area contributed by atoms with Crippen LogP contribution >= 0.6 is 27.5 Å². The molecule has 2 heterocycles. The standard InChI is InChI=1S/C16H8BrClN4O4/c17-7-1-4-11(10(5-7)14-20-16(24)26-22-14)19-15(23)13-9-3-2-8(18)6-12(9)25-21-13/h1-6H,(H,19,23)(H,20,22,24). The van der Waals surface area contributed by atoms with Crippen molar-refractivity contribution in [2.45, 2.75) is 0 Å². The van der Waals surface area contributed by atoms with E-state index in [1.54, 1.807) is 36.4 Å². The van der Waals surface area contributed by atoms with Gasteiger partial charge in [-0.15, -0.1) is 0 Å². The van der Waals surface area contributed by atoms with Gasteiger partial charge in [0, 0.05) is 21.1 Å². The molecule has 0 fully saturated rings. The molecule has 0 aliphatic heterocycles. The Morgan fingerprint density at radius 3 is 2.77 bits per heavy atom. The zero-order chi connectivity index (χ0) is 18.3. The van der Waals surface area contributed by atoms with Crippen molar-refractivity contribution in [1.29, 1.82) is 0 Å². The summed E-state index contributed by atoms with van der Waals surface area (Å²) in [4.78, 5) is 26.3. The number of fused-ring (bicyclic) bond motifs is 1.